The molecule has 0 atom stereocenters. The van der Waals surface area contributed by atoms with Crippen molar-refractivity contribution in [2.45, 2.75) is 20.8 Å². The molecule has 0 fully saturated rings. The number of nitrogens with one attached hydrogen (secondary N) is 1. The average Bonchev–Trinajstić information content (AvgIpc) is 2.72. The van der Waals surface area contributed by atoms with Crippen LogP contribution in [0.4, 0.5) is 5.69 Å². The Morgan fingerprint density at radius 3 is 2.64 bits per heavy atom. The second kappa shape index (κ2) is 6.93. The van der Waals surface area contributed by atoms with Gasteiger partial charge in [0.25, 0.3) is 0 Å². The summed E-state index contributed by atoms with van der Waals surface area (Å²) in [5.41, 5.74) is 7.12. The Bertz CT molecular complexity index is 688. The molecule has 5 nitrogen and oxygen atoms in total. The van der Waals surface area contributed by atoms with E-state index in [4.69, 9.17) is 4.74 Å². The molecule has 2 aromatic rings. The van der Waals surface area contributed by atoms with E-state index in [1.807, 2.05) is 55.8 Å². The topological polar surface area (TPSA) is 55.6 Å². The van der Waals surface area contributed by atoms with Crippen molar-refractivity contribution >= 4 is 17.9 Å². The Morgan fingerprint density at radius 2 is 2.00 bits per heavy atom. The number of hydrogen-bond acceptors (Lipinski definition) is 4. The minimum Gasteiger partial charge on any atom is -0.462 e. The van der Waals surface area contributed by atoms with Gasteiger partial charge in [0, 0.05) is 12.7 Å². The highest BCUT2D eigenvalue weighted by molar-refractivity contribution is 5.96. The van der Waals surface area contributed by atoms with E-state index < -0.39 is 0 Å². The van der Waals surface area contributed by atoms with E-state index in [2.05, 4.69) is 10.5 Å². The zero-order chi connectivity index (χ0) is 16.1. The molecule has 1 heterocycles. The molecule has 116 valence electrons. The number of anilines is 1. The molecule has 0 radical (unpaired) electrons. The smallest absolute Gasteiger partial charge is 0.340 e. The van der Waals surface area contributed by atoms with E-state index in [1.54, 1.807) is 13.1 Å². The zero-order valence-electron chi connectivity index (χ0n) is 13.4. The van der Waals surface area contributed by atoms with Crippen LogP contribution < -0.4 is 5.43 Å². The number of ether oxygens (including phenoxy) is 1. The van der Waals surface area contributed by atoms with Crippen LogP contribution in [0.3, 0.4) is 0 Å². The summed E-state index contributed by atoms with van der Waals surface area (Å²) in [6.45, 7) is 5.98. The summed E-state index contributed by atoms with van der Waals surface area (Å²) in [6, 6.07) is 9.70. The molecule has 0 aliphatic rings. The number of carbonyl (C=O) groups excluding carboxylic acids is 1. The molecule has 1 aromatic carbocycles. The first-order chi connectivity index (χ1) is 10.6. The van der Waals surface area contributed by atoms with E-state index in [0.717, 1.165) is 22.6 Å². The molecule has 0 spiro atoms. The number of rotatable bonds is 5. The van der Waals surface area contributed by atoms with Crippen LogP contribution in [0.15, 0.2) is 35.4 Å². The number of esters is 1. The van der Waals surface area contributed by atoms with Gasteiger partial charge in [-0.25, -0.2) is 4.79 Å². The Morgan fingerprint density at radius 1 is 1.32 bits per heavy atom. The van der Waals surface area contributed by atoms with Gasteiger partial charge in [-0.3, -0.25) is 5.43 Å². The van der Waals surface area contributed by atoms with E-state index in [-0.39, 0.29) is 5.97 Å². The number of carbonyl (C=O) groups is 1. The highest BCUT2D eigenvalue weighted by Crippen LogP contribution is 2.21. The fraction of sp³-hybridized carbons (Fsp3) is 0.294. The van der Waals surface area contributed by atoms with Gasteiger partial charge in [-0.2, -0.15) is 5.10 Å². The van der Waals surface area contributed by atoms with Crippen LogP contribution in [0, 0.1) is 13.8 Å². The quantitative estimate of drug-likeness (QED) is 0.524. The third-order valence-corrected chi connectivity index (χ3v) is 3.62. The van der Waals surface area contributed by atoms with E-state index in [0.29, 0.717) is 12.2 Å². The highest BCUT2D eigenvalue weighted by atomic mass is 16.5. The van der Waals surface area contributed by atoms with Gasteiger partial charge in [-0.05, 0) is 38.5 Å². The minimum atomic E-state index is -0.288. The van der Waals surface area contributed by atoms with Crippen LogP contribution in [-0.2, 0) is 11.8 Å². The summed E-state index contributed by atoms with van der Waals surface area (Å²) in [5, 5.41) is 4.25. The number of benzene rings is 1. The largest absolute Gasteiger partial charge is 0.462 e. The molecule has 5 heteroatoms. The summed E-state index contributed by atoms with van der Waals surface area (Å²) in [5.74, 6) is -0.288. The summed E-state index contributed by atoms with van der Waals surface area (Å²) >= 11 is 0. The lowest BCUT2D eigenvalue weighted by molar-refractivity contribution is 0.0524. The maximum Gasteiger partial charge on any atom is 0.340 e. The lowest BCUT2D eigenvalue weighted by Gasteiger charge is -2.02. The van der Waals surface area contributed by atoms with Crippen LogP contribution in [0.5, 0.6) is 0 Å². The Balaban J connectivity index is 2.25. The maximum absolute atomic E-state index is 12.1. The number of para-hydroxylation sites is 1. The summed E-state index contributed by atoms with van der Waals surface area (Å²) in [4.78, 5) is 12.1. The molecule has 0 saturated heterocycles. The van der Waals surface area contributed by atoms with Gasteiger partial charge in [-0.1, -0.05) is 18.2 Å². The first-order valence-electron chi connectivity index (χ1n) is 7.23. The monoisotopic (exact) mass is 299 g/mol. The first kappa shape index (κ1) is 15.8. The molecule has 0 aliphatic heterocycles. The van der Waals surface area contributed by atoms with Crippen molar-refractivity contribution in [3.63, 3.8) is 0 Å². The van der Waals surface area contributed by atoms with E-state index in [1.165, 1.54) is 0 Å². The summed E-state index contributed by atoms with van der Waals surface area (Å²) in [6.07, 6.45) is 1.72. The van der Waals surface area contributed by atoms with Crippen molar-refractivity contribution in [2.24, 2.45) is 12.1 Å². The molecule has 0 aliphatic carbocycles. The lowest BCUT2D eigenvalue weighted by Crippen LogP contribution is -2.07. The minimum absolute atomic E-state index is 0.288. The van der Waals surface area contributed by atoms with E-state index in [9.17, 15) is 4.79 Å². The van der Waals surface area contributed by atoms with Crippen molar-refractivity contribution in [3.05, 3.63) is 52.8 Å². The normalized spacial score (nSPS) is 10.9. The Hall–Kier alpha value is -2.56. The number of aromatic nitrogens is 1. The molecule has 2 rings (SSSR count). The zero-order valence-corrected chi connectivity index (χ0v) is 13.4. The van der Waals surface area contributed by atoms with Crippen LogP contribution in [0.25, 0.3) is 0 Å². The van der Waals surface area contributed by atoms with Gasteiger partial charge in [0.15, 0.2) is 0 Å². The molecule has 22 heavy (non-hydrogen) atoms. The molecule has 1 N–H and O–H groups in total. The van der Waals surface area contributed by atoms with Gasteiger partial charge in [0.2, 0.25) is 0 Å². The summed E-state index contributed by atoms with van der Waals surface area (Å²) in [7, 11) is 1.91. The molecule has 0 bridgehead atoms. The van der Waals surface area contributed by atoms with E-state index >= 15 is 0 Å². The van der Waals surface area contributed by atoms with Crippen molar-refractivity contribution in [1.29, 1.82) is 0 Å². The van der Waals surface area contributed by atoms with Gasteiger partial charge in [-0.15, -0.1) is 0 Å². The predicted molar refractivity (Wildman–Crippen MR) is 88.5 cm³/mol. The van der Waals surface area contributed by atoms with Crippen molar-refractivity contribution in [2.75, 3.05) is 12.0 Å². The molecular weight excluding hydrogens is 278 g/mol. The van der Waals surface area contributed by atoms with Crippen LogP contribution in [0.2, 0.25) is 0 Å². The van der Waals surface area contributed by atoms with Crippen LogP contribution >= 0.6 is 0 Å². The highest BCUT2D eigenvalue weighted by Gasteiger charge is 2.20. The SMILES string of the molecule is CCOC(=O)c1c(C)c(/C=N\Nc2ccccc2)n(C)c1C. The second-order valence-corrected chi connectivity index (χ2v) is 4.99. The van der Waals surface area contributed by atoms with Gasteiger partial charge < -0.3 is 9.30 Å². The first-order valence-corrected chi connectivity index (χ1v) is 7.23. The maximum atomic E-state index is 12.1. The van der Waals surface area contributed by atoms with Crippen molar-refractivity contribution in [3.8, 4) is 0 Å². The second-order valence-electron chi connectivity index (χ2n) is 4.99. The molecule has 0 amide bonds. The fourth-order valence-electron chi connectivity index (χ4n) is 2.37. The third kappa shape index (κ3) is 3.19. The Labute approximate surface area is 130 Å². The number of hydrogen-bond donors (Lipinski definition) is 1. The van der Waals surface area contributed by atoms with Crippen LogP contribution in [-0.4, -0.2) is 23.4 Å². The average molecular weight is 299 g/mol. The van der Waals surface area contributed by atoms with Gasteiger partial charge >= 0.3 is 5.97 Å². The van der Waals surface area contributed by atoms with Crippen molar-refractivity contribution < 1.29 is 9.53 Å². The van der Waals surface area contributed by atoms with Crippen molar-refractivity contribution in [1.82, 2.24) is 4.57 Å². The fourth-order valence-corrected chi connectivity index (χ4v) is 2.37. The lowest BCUT2D eigenvalue weighted by atomic mass is 10.1. The molecule has 0 saturated carbocycles. The Kier molecular flexibility index (Phi) is 4.99. The molecular formula is C17H21N3O2. The molecule has 1 aromatic heterocycles. The van der Waals surface area contributed by atoms with Gasteiger partial charge in [0.05, 0.1) is 29.8 Å². The molecule has 0 unspecified atom stereocenters. The number of nitrogens with zero attached hydrogens (tertiary/aromatic N) is 2. The third-order valence-electron chi connectivity index (χ3n) is 3.62. The summed E-state index contributed by atoms with van der Waals surface area (Å²) < 4.78 is 7.06. The van der Waals surface area contributed by atoms with Crippen LogP contribution in [0.1, 0.15) is 34.2 Å². The van der Waals surface area contributed by atoms with Gasteiger partial charge in [0.1, 0.15) is 0 Å². The predicted octanol–water partition coefficient (Wildman–Crippen LogP) is 3.26. The number of hydrazone groups is 1. The standard InChI is InChI=1S/C17H21N3O2/c1-5-22-17(21)16-12(2)15(20(4)13(16)3)11-18-19-14-9-7-6-8-10-14/h6-11,19H,5H2,1-4H3/b18-11-.